The Kier molecular flexibility index (Phi) is 7.57. The van der Waals surface area contributed by atoms with Gasteiger partial charge in [0.05, 0.1) is 0 Å². The van der Waals surface area contributed by atoms with E-state index < -0.39 is 6.36 Å². The maximum atomic E-state index is 12.4. The van der Waals surface area contributed by atoms with E-state index in [1.54, 1.807) is 11.0 Å². The molecule has 4 nitrogen and oxygen atoms in total. The zero-order valence-corrected chi connectivity index (χ0v) is 14.0. The van der Waals surface area contributed by atoms with Gasteiger partial charge in [-0.05, 0) is 38.1 Å². The number of alkyl halides is 3. The van der Waals surface area contributed by atoms with Crippen LogP contribution in [0.1, 0.15) is 12.0 Å². The molecule has 1 aliphatic rings. The molecule has 1 N–H and O–H groups in total. The number of rotatable bonds is 5. The van der Waals surface area contributed by atoms with Crippen molar-refractivity contribution < 1.29 is 22.7 Å². The third-order valence-electron chi connectivity index (χ3n) is 3.64. The normalized spacial score (nSPS) is 17.8. The number of benzene rings is 1. The van der Waals surface area contributed by atoms with Gasteiger partial charge in [-0.1, -0.05) is 18.2 Å². The van der Waals surface area contributed by atoms with Crippen molar-refractivity contribution in [3.8, 4) is 5.75 Å². The summed E-state index contributed by atoms with van der Waals surface area (Å²) in [6.07, 6.45) is -1.19. The molecule has 0 spiro atoms. The molecule has 1 saturated heterocycles. The second kappa shape index (κ2) is 8.94. The number of ether oxygens (including phenoxy) is 1. The van der Waals surface area contributed by atoms with E-state index in [1.165, 1.54) is 30.4 Å². The SMILES string of the molecule is CNCC1CCN(C(=O)/C=C/c2ccccc2OC(F)(F)F)C1.Cl. The summed E-state index contributed by atoms with van der Waals surface area (Å²) in [6, 6.07) is 5.73. The van der Waals surface area contributed by atoms with Gasteiger partial charge in [0.25, 0.3) is 0 Å². The van der Waals surface area contributed by atoms with Gasteiger partial charge in [0.2, 0.25) is 5.91 Å². The summed E-state index contributed by atoms with van der Waals surface area (Å²) in [6.45, 7) is 2.16. The topological polar surface area (TPSA) is 41.6 Å². The molecule has 1 aliphatic heterocycles. The van der Waals surface area contributed by atoms with E-state index in [9.17, 15) is 18.0 Å². The van der Waals surface area contributed by atoms with E-state index in [4.69, 9.17) is 0 Å². The average molecular weight is 365 g/mol. The number of amides is 1. The molecular formula is C16H20ClF3N2O2. The van der Waals surface area contributed by atoms with Crippen molar-refractivity contribution >= 4 is 24.4 Å². The molecule has 1 aromatic carbocycles. The molecule has 0 saturated carbocycles. The Morgan fingerprint density at radius 3 is 2.79 bits per heavy atom. The molecule has 1 unspecified atom stereocenters. The second-order valence-corrected chi connectivity index (χ2v) is 5.42. The van der Waals surface area contributed by atoms with Gasteiger partial charge in [0.15, 0.2) is 0 Å². The Bertz CT molecular complexity index is 579. The predicted octanol–water partition coefficient (Wildman–Crippen LogP) is 3.09. The Morgan fingerprint density at radius 2 is 2.12 bits per heavy atom. The van der Waals surface area contributed by atoms with Crippen LogP contribution in [0, 0.1) is 5.92 Å². The largest absolute Gasteiger partial charge is 0.573 e. The van der Waals surface area contributed by atoms with Crippen LogP contribution in [0.5, 0.6) is 5.75 Å². The number of carbonyl (C=O) groups is 1. The van der Waals surface area contributed by atoms with Crippen LogP contribution in [0.3, 0.4) is 0 Å². The predicted molar refractivity (Wildman–Crippen MR) is 88.0 cm³/mol. The van der Waals surface area contributed by atoms with Gasteiger partial charge in [0.1, 0.15) is 5.75 Å². The molecule has 1 fully saturated rings. The van der Waals surface area contributed by atoms with Gasteiger partial charge in [-0.25, -0.2) is 0 Å². The van der Waals surface area contributed by atoms with Gasteiger partial charge in [-0.3, -0.25) is 4.79 Å². The fraction of sp³-hybridized carbons (Fsp3) is 0.438. The first-order chi connectivity index (χ1) is 10.9. The van der Waals surface area contributed by atoms with Crippen molar-refractivity contribution in [3.05, 3.63) is 35.9 Å². The fourth-order valence-corrected chi connectivity index (χ4v) is 2.59. The number of carbonyl (C=O) groups excluding carboxylic acids is 1. The lowest BCUT2D eigenvalue weighted by Crippen LogP contribution is -2.28. The minimum atomic E-state index is -4.76. The van der Waals surface area contributed by atoms with Crippen LogP contribution in [0.15, 0.2) is 30.3 Å². The highest BCUT2D eigenvalue weighted by molar-refractivity contribution is 5.92. The molecule has 0 radical (unpaired) electrons. The summed E-state index contributed by atoms with van der Waals surface area (Å²) in [7, 11) is 1.86. The monoisotopic (exact) mass is 364 g/mol. The van der Waals surface area contributed by atoms with Crippen molar-refractivity contribution in [3.63, 3.8) is 0 Å². The zero-order valence-electron chi connectivity index (χ0n) is 13.2. The van der Waals surface area contributed by atoms with E-state index in [-0.39, 0.29) is 29.6 Å². The summed E-state index contributed by atoms with van der Waals surface area (Å²) < 4.78 is 41.0. The third-order valence-corrected chi connectivity index (χ3v) is 3.64. The van der Waals surface area contributed by atoms with Gasteiger partial charge in [0, 0.05) is 24.7 Å². The van der Waals surface area contributed by atoms with Crippen molar-refractivity contribution in [2.24, 2.45) is 5.92 Å². The standard InChI is InChI=1S/C16H19F3N2O2.ClH/c1-20-10-12-8-9-21(11-12)15(22)7-6-13-4-2-3-5-14(13)23-16(17,18)19;/h2-7,12,20H,8-11H2,1H3;1H/b7-6+;. The minimum Gasteiger partial charge on any atom is -0.405 e. The summed E-state index contributed by atoms with van der Waals surface area (Å²) in [5.41, 5.74) is 0.212. The lowest BCUT2D eigenvalue weighted by molar-refractivity contribution is -0.274. The molecule has 134 valence electrons. The number of nitrogens with zero attached hydrogens (tertiary/aromatic N) is 1. The fourth-order valence-electron chi connectivity index (χ4n) is 2.59. The summed E-state index contributed by atoms with van der Waals surface area (Å²) in [4.78, 5) is 13.8. The number of nitrogens with one attached hydrogen (secondary N) is 1. The number of para-hydroxylation sites is 1. The molecule has 2 rings (SSSR count). The van der Waals surface area contributed by atoms with Crippen LogP contribution in [0.2, 0.25) is 0 Å². The molecular weight excluding hydrogens is 345 g/mol. The van der Waals surface area contributed by atoms with E-state index in [0.717, 1.165) is 13.0 Å². The molecule has 1 atom stereocenters. The van der Waals surface area contributed by atoms with Crippen LogP contribution < -0.4 is 10.1 Å². The van der Waals surface area contributed by atoms with Crippen molar-refractivity contribution in [1.29, 1.82) is 0 Å². The van der Waals surface area contributed by atoms with Gasteiger partial charge < -0.3 is 15.0 Å². The van der Waals surface area contributed by atoms with Crippen molar-refractivity contribution in [1.82, 2.24) is 10.2 Å². The second-order valence-electron chi connectivity index (χ2n) is 5.42. The highest BCUT2D eigenvalue weighted by Gasteiger charge is 2.31. The Hall–Kier alpha value is -1.73. The lowest BCUT2D eigenvalue weighted by atomic mass is 10.1. The third kappa shape index (κ3) is 6.05. The molecule has 8 heteroatoms. The summed E-state index contributed by atoms with van der Waals surface area (Å²) in [5.74, 6) is -0.109. The average Bonchev–Trinajstić information content (AvgIpc) is 2.93. The number of hydrogen-bond acceptors (Lipinski definition) is 3. The van der Waals surface area contributed by atoms with E-state index in [0.29, 0.717) is 19.0 Å². The highest BCUT2D eigenvalue weighted by Crippen LogP contribution is 2.27. The quantitative estimate of drug-likeness (QED) is 0.816. The van der Waals surface area contributed by atoms with Crippen LogP contribution in [0.25, 0.3) is 6.08 Å². The smallest absolute Gasteiger partial charge is 0.405 e. The molecule has 1 heterocycles. The van der Waals surface area contributed by atoms with Crippen molar-refractivity contribution in [2.45, 2.75) is 12.8 Å². The van der Waals surface area contributed by atoms with Crippen LogP contribution in [-0.2, 0) is 4.79 Å². The van der Waals surface area contributed by atoms with Gasteiger partial charge >= 0.3 is 6.36 Å². The lowest BCUT2D eigenvalue weighted by Gasteiger charge is -2.14. The highest BCUT2D eigenvalue weighted by atomic mass is 35.5. The van der Waals surface area contributed by atoms with Crippen molar-refractivity contribution in [2.75, 3.05) is 26.7 Å². The maximum absolute atomic E-state index is 12.4. The molecule has 0 bridgehead atoms. The number of likely N-dealkylation sites (tertiary alicyclic amines) is 1. The molecule has 1 amide bonds. The first kappa shape index (κ1) is 20.3. The first-order valence-corrected chi connectivity index (χ1v) is 7.35. The molecule has 0 aliphatic carbocycles. The van der Waals surface area contributed by atoms with Gasteiger partial charge in [-0.15, -0.1) is 25.6 Å². The van der Waals surface area contributed by atoms with E-state index in [1.807, 2.05) is 7.05 Å². The van der Waals surface area contributed by atoms with Crippen LogP contribution >= 0.6 is 12.4 Å². The summed E-state index contributed by atoms with van der Waals surface area (Å²) >= 11 is 0. The van der Waals surface area contributed by atoms with Crippen LogP contribution in [0.4, 0.5) is 13.2 Å². The van der Waals surface area contributed by atoms with E-state index >= 15 is 0 Å². The maximum Gasteiger partial charge on any atom is 0.573 e. The Morgan fingerprint density at radius 1 is 1.42 bits per heavy atom. The number of hydrogen-bond donors (Lipinski definition) is 1. The minimum absolute atomic E-state index is 0. The molecule has 1 aromatic rings. The molecule has 0 aromatic heterocycles. The van der Waals surface area contributed by atoms with Gasteiger partial charge in [-0.2, -0.15) is 0 Å². The van der Waals surface area contributed by atoms with Crippen LogP contribution in [-0.4, -0.2) is 43.9 Å². The zero-order chi connectivity index (χ0) is 16.9. The first-order valence-electron chi connectivity index (χ1n) is 7.35. The van der Waals surface area contributed by atoms with E-state index in [2.05, 4.69) is 10.1 Å². The summed E-state index contributed by atoms with van der Waals surface area (Å²) in [5, 5.41) is 3.08. The Labute approximate surface area is 145 Å². The molecule has 24 heavy (non-hydrogen) atoms. The Balaban J connectivity index is 0.00000288. The number of halogens is 4.